The lowest BCUT2D eigenvalue weighted by atomic mass is 10.3. The maximum Gasteiger partial charge on any atom is 0.199 e. The van der Waals surface area contributed by atoms with E-state index in [4.69, 9.17) is 0 Å². The molecule has 6 heteroatoms. The van der Waals surface area contributed by atoms with Gasteiger partial charge in [-0.1, -0.05) is 0 Å². The highest BCUT2D eigenvalue weighted by atomic mass is 79.9. The van der Waals surface area contributed by atoms with Crippen molar-refractivity contribution in [2.24, 2.45) is 7.05 Å². The minimum Gasteiger partial charge on any atom is -0.255 e. The molecule has 0 spiro atoms. The Morgan fingerprint density at radius 3 is 2.79 bits per heavy atom. The van der Waals surface area contributed by atoms with Gasteiger partial charge in [-0.2, -0.15) is 0 Å². The van der Waals surface area contributed by atoms with Crippen LogP contribution >= 0.6 is 15.9 Å². The summed E-state index contributed by atoms with van der Waals surface area (Å²) in [5, 5.41) is 4.05. The predicted octanol–water partition coefficient (Wildman–Crippen LogP) is 1.78. The van der Waals surface area contributed by atoms with Gasteiger partial charge < -0.3 is 0 Å². The van der Waals surface area contributed by atoms with Gasteiger partial charge in [-0.3, -0.25) is 4.68 Å². The first kappa shape index (κ1) is 9.26. The van der Waals surface area contributed by atoms with E-state index in [9.17, 15) is 4.39 Å². The van der Waals surface area contributed by atoms with Gasteiger partial charge in [0.15, 0.2) is 11.6 Å². The van der Waals surface area contributed by atoms with Crippen LogP contribution < -0.4 is 0 Å². The molecule has 2 rings (SSSR count). The molecule has 72 valence electrons. The fourth-order valence-corrected chi connectivity index (χ4v) is 1.32. The zero-order chi connectivity index (χ0) is 10.1. The molecule has 0 aliphatic rings. The Morgan fingerprint density at radius 1 is 1.43 bits per heavy atom. The maximum atomic E-state index is 12.9. The third-order valence-electron chi connectivity index (χ3n) is 1.63. The molecule has 2 aromatic heterocycles. The summed E-state index contributed by atoms with van der Waals surface area (Å²) in [4.78, 5) is 7.96. The second-order valence-electron chi connectivity index (χ2n) is 2.71. The summed E-state index contributed by atoms with van der Waals surface area (Å²) >= 11 is 3.00. The molecule has 0 aromatic carbocycles. The Hall–Kier alpha value is -1.30. The molecule has 0 amide bonds. The zero-order valence-electron chi connectivity index (χ0n) is 7.28. The van der Waals surface area contributed by atoms with Crippen LogP contribution in [0.4, 0.5) is 4.39 Å². The summed E-state index contributed by atoms with van der Waals surface area (Å²) in [6, 6.07) is 2.86. The molecule has 0 atom stereocenters. The molecule has 0 unspecified atom stereocenters. The van der Waals surface area contributed by atoms with Crippen molar-refractivity contribution in [3.8, 4) is 11.5 Å². The summed E-state index contributed by atoms with van der Waals surface area (Å²) in [5.41, 5.74) is 0.541. The summed E-state index contributed by atoms with van der Waals surface area (Å²) in [6.45, 7) is 0. The number of hydrogen-bond acceptors (Lipinski definition) is 3. The highest BCUT2D eigenvalue weighted by Crippen LogP contribution is 2.17. The molecule has 0 fully saturated rings. The molecular weight excluding hydrogens is 251 g/mol. The van der Waals surface area contributed by atoms with Crippen LogP contribution in [-0.2, 0) is 7.05 Å². The van der Waals surface area contributed by atoms with E-state index < -0.39 is 5.82 Å². The quantitative estimate of drug-likeness (QED) is 0.731. The average molecular weight is 257 g/mol. The van der Waals surface area contributed by atoms with Crippen molar-refractivity contribution in [1.29, 1.82) is 0 Å². The van der Waals surface area contributed by atoms with E-state index in [-0.39, 0.29) is 4.60 Å². The van der Waals surface area contributed by atoms with E-state index in [0.717, 1.165) is 0 Å². The Bertz CT molecular complexity index is 468. The second-order valence-corrected chi connectivity index (χ2v) is 3.46. The summed E-state index contributed by atoms with van der Waals surface area (Å²) < 4.78 is 14.6. The molecule has 0 radical (unpaired) electrons. The monoisotopic (exact) mass is 256 g/mol. The second kappa shape index (κ2) is 3.45. The number of aryl methyl sites for hydroxylation is 1. The standard InChI is InChI=1S/C8H6BrFN4/c1-14-4-11-8(13-14)6-3-2-5(10)7(9)12-6/h2-4H,1H3. The van der Waals surface area contributed by atoms with Crippen LogP contribution in [0.3, 0.4) is 0 Å². The predicted molar refractivity (Wildman–Crippen MR) is 51.9 cm³/mol. The maximum absolute atomic E-state index is 12.9. The Kier molecular flexibility index (Phi) is 2.28. The van der Waals surface area contributed by atoms with Crippen LogP contribution in [0.2, 0.25) is 0 Å². The molecule has 4 nitrogen and oxygen atoms in total. The van der Waals surface area contributed by atoms with Crippen molar-refractivity contribution < 1.29 is 4.39 Å². The smallest absolute Gasteiger partial charge is 0.199 e. The molecule has 0 saturated heterocycles. The molecule has 0 N–H and O–H groups in total. The molecule has 2 aromatic rings. The molecule has 0 aliphatic carbocycles. The summed E-state index contributed by atoms with van der Waals surface area (Å²) in [6.07, 6.45) is 1.56. The number of aromatic nitrogens is 4. The lowest BCUT2D eigenvalue weighted by molar-refractivity contribution is 0.613. The molecule has 0 bridgehead atoms. The van der Waals surface area contributed by atoms with Gasteiger partial charge in [-0.25, -0.2) is 14.4 Å². The van der Waals surface area contributed by atoms with Gasteiger partial charge in [0.2, 0.25) is 0 Å². The number of nitrogens with zero attached hydrogens (tertiary/aromatic N) is 4. The minimum atomic E-state index is -0.398. The van der Waals surface area contributed by atoms with Crippen molar-refractivity contribution in [2.45, 2.75) is 0 Å². The van der Waals surface area contributed by atoms with Crippen LogP contribution in [0.1, 0.15) is 0 Å². The van der Waals surface area contributed by atoms with Crippen LogP contribution in [0.15, 0.2) is 23.1 Å². The lowest BCUT2D eigenvalue weighted by Gasteiger charge is -1.96. The van der Waals surface area contributed by atoms with Crippen molar-refractivity contribution >= 4 is 15.9 Å². The highest BCUT2D eigenvalue weighted by molar-refractivity contribution is 9.10. The molecule has 2 heterocycles. The largest absolute Gasteiger partial charge is 0.255 e. The van der Waals surface area contributed by atoms with Crippen LogP contribution in [0.5, 0.6) is 0 Å². The molecule has 0 saturated carbocycles. The first-order valence-corrected chi connectivity index (χ1v) is 4.64. The van der Waals surface area contributed by atoms with E-state index in [0.29, 0.717) is 11.5 Å². The normalized spacial score (nSPS) is 10.5. The number of halogens is 2. The molecule has 14 heavy (non-hydrogen) atoms. The number of pyridine rings is 1. The van der Waals surface area contributed by atoms with E-state index in [2.05, 4.69) is 31.0 Å². The van der Waals surface area contributed by atoms with Crippen molar-refractivity contribution in [3.63, 3.8) is 0 Å². The van der Waals surface area contributed by atoms with Gasteiger partial charge in [0.05, 0.1) is 0 Å². The third kappa shape index (κ3) is 1.65. The summed E-state index contributed by atoms with van der Waals surface area (Å²) in [7, 11) is 1.76. The van der Waals surface area contributed by atoms with Gasteiger partial charge in [0, 0.05) is 7.05 Å². The lowest BCUT2D eigenvalue weighted by Crippen LogP contribution is -1.91. The third-order valence-corrected chi connectivity index (χ3v) is 2.19. The van der Waals surface area contributed by atoms with Crippen LogP contribution in [0.25, 0.3) is 11.5 Å². The van der Waals surface area contributed by atoms with Crippen LogP contribution in [-0.4, -0.2) is 19.7 Å². The van der Waals surface area contributed by atoms with Gasteiger partial charge in [0.1, 0.15) is 16.6 Å². The fourth-order valence-electron chi connectivity index (χ4n) is 0.998. The van der Waals surface area contributed by atoms with Gasteiger partial charge in [0.25, 0.3) is 0 Å². The van der Waals surface area contributed by atoms with Crippen molar-refractivity contribution in [3.05, 3.63) is 28.9 Å². The Balaban J connectivity index is 2.47. The topological polar surface area (TPSA) is 43.6 Å². The highest BCUT2D eigenvalue weighted by Gasteiger charge is 2.07. The van der Waals surface area contributed by atoms with E-state index >= 15 is 0 Å². The average Bonchev–Trinajstić information content (AvgIpc) is 2.57. The first-order valence-electron chi connectivity index (χ1n) is 3.85. The van der Waals surface area contributed by atoms with Gasteiger partial charge >= 0.3 is 0 Å². The minimum absolute atomic E-state index is 0.169. The van der Waals surface area contributed by atoms with Crippen molar-refractivity contribution in [1.82, 2.24) is 19.7 Å². The van der Waals surface area contributed by atoms with Crippen molar-refractivity contribution in [2.75, 3.05) is 0 Å². The van der Waals surface area contributed by atoms with E-state index in [1.54, 1.807) is 18.1 Å². The molecular formula is C8H6BrFN4. The SMILES string of the molecule is Cn1cnc(-c2ccc(F)c(Br)n2)n1. The Labute approximate surface area is 87.9 Å². The van der Waals surface area contributed by atoms with E-state index in [1.165, 1.54) is 12.1 Å². The number of rotatable bonds is 1. The van der Waals surface area contributed by atoms with Gasteiger partial charge in [-0.15, -0.1) is 5.10 Å². The Morgan fingerprint density at radius 2 is 2.21 bits per heavy atom. The zero-order valence-corrected chi connectivity index (χ0v) is 8.86. The fraction of sp³-hybridized carbons (Fsp3) is 0.125. The van der Waals surface area contributed by atoms with E-state index in [1.807, 2.05) is 0 Å². The van der Waals surface area contributed by atoms with Gasteiger partial charge in [-0.05, 0) is 28.1 Å². The first-order chi connectivity index (χ1) is 6.66. The van der Waals surface area contributed by atoms with Crippen LogP contribution in [0, 0.1) is 5.82 Å². The number of hydrogen-bond donors (Lipinski definition) is 0. The summed E-state index contributed by atoms with van der Waals surface area (Å²) in [5.74, 6) is 0.0814. The molecule has 0 aliphatic heterocycles.